The summed E-state index contributed by atoms with van der Waals surface area (Å²) in [5, 5.41) is 0. The van der Waals surface area contributed by atoms with Crippen molar-refractivity contribution >= 4 is 11.8 Å². The predicted molar refractivity (Wildman–Crippen MR) is 88.8 cm³/mol. The highest BCUT2D eigenvalue weighted by molar-refractivity contribution is 5.67. The Morgan fingerprint density at radius 1 is 1.23 bits per heavy atom. The molecule has 0 spiro atoms. The maximum Gasteiger partial charge on any atom is 0.410 e. The second-order valence-corrected chi connectivity index (χ2v) is 6.33. The molecule has 2 N–H and O–H groups in total. The molecule has 1 heterocycles. The lowest BCUT2D eigenvalue weighted by molar-refractivity contribution is 0.0559. The molecule has 1 aromatic rings. The van der Waals surface area contributed by atoms with Gasteiger partial charge in [0.05, 0.1) is 6.10 Å². The SMILES string of the molecule is Cc1cc(N)c(C)c(CN2CCN(C(=O)OC(C)C)CC2)c1. The van der Waals surface area contributed by atoms with Crippen LogP contribution in [0.1, 0.15) is 30.5 Å². The van der Waals surface area contributed by atoms with Gasteiger partial charge < -0.3 is 15.4 Å². The molecule has 122 valence electrons. The minimum atomic E-state index is -0.203. The molecule has 0 radical (unpaired) electrons. The number of rotatable bonds is 3. The Bertz CT molecular complexity index is 535. The number of nitrogen functional groups attached to an aromatic ring is 1. The summed E-state index contributed by atoms with van der Waals surface area (Å²) in [5.41, 5.74) is 10.5. The van der Waals surface area contributed by atoms with E-state index in [2.05, 4.69) is 24.8 Å². The van der Waals surface area contributed by atoms with Crippen LogP contribution in [0, 0.1) is 13.8 Å². The van der Waals surface area contributed by atoms with E-state index in [9.17, 15) is 4.79 Å². The van der Waals surface area contributed by atoms with Gasteiger partial charge >= 0.3 is 6.09 Å². The zero-order chi connectivity index (χ0) is 16.3. The number of benzene rings is 1. The third-order valence-electron chi connectivity index (χ3n) is 4.06. The quantitative estimate of drug-likeness (QED) is 0.872. The second kappa shape index (κ2) is 7.01. The van der Waals surface area contributed by atoms with Crippen LogP contribution in [0.4, 0.5) is 10.5 Å². The topological polar surface area (TPSA) is 58.8 Å². The fraction of sp³-hybridized carbons (Fsp3) is 0.588. The van der Waals surface area contributed by atoms with Crippen molar-refractivity contribution in [3.8, 4) is 0 Å². The summed E-state index contributed by atoms with van der Waals surface area (Å²) in [6.45, 7) is 11.9. The van der Waals surface area contributed by atoms with Crippen molar-refractivity contribution in [1.82, 2.24) is 9.80 Å². The Morgan fingerprint density at radius 3 is 2.45 bits per heavy atom. The summed E-state index contributed by atoms with van der Waals surface area (Å²) in [7, 11) is 0. The monoisotopic (exact) mass is 305 g/mol. The van der Waals surface area contributed by atoms with Gasteiger partial charge in [0.2, 0.25) is 0 Å². The third-order valence-corrected chi connectivity index (χ3v) is 4.06. The highest BCUT2D eigenvalue weighted by atomic mass is 16.6. The average molecular weight is 305 g/mol. The van der Waals surface area contributed by atoms with Crippen LogP contribution >= 0.6 is 0 Å². The van der Waals surface area contributed by atoms with E-state index in [-0.39, 0.29) is 12.2 Å². The number of hydrogen-bond acceptors (Lipinski definition) is 4. The van der Waals surface area contributed by atoms with E-state index in [1.807, 2.05) is 19.9 Å². The van der Waals surface area contributed by atoms with Gasteiger partial charge in [-0.1, -0.05) is 6.07 Å². The van der Waals surface area contributed by atoms with Crippen molar-refractivity contribution in [2.24, 2.45) is 0 Å². The summed E-state index contributed by atoms with van der Waals surface area (Å²) in [4.78, 5) is 16.0. The molecule has 2 rings (SSSR count). The van der Waals surface area contributed by atoms with Gasteiger partial charge in [-0.25, -0.2) is 4.79 Å². The lowest BCUT2D eigenvalue weighted by Crippen LogP contribution is -2.48. The van der Waals surface area contributed by atoms with Crippen molar-refractivity contribution in [3.05, 3.63) is 28.8 Å². The number of nitrogens with two attached hydrogens (primary N) is 1. The van der Waals surface area contributed by atoms with Crippen LogP contribution in [0.3, 0.4) is 0 Å². The van der Waals surface area contributed by atoms with Crippen molar-refractivity contribution in [1.29, 1.82) is 0 Å². The molecule has 0 aliphatic carbocycles. The number of anilines is 1. The van der Waals surface area contributed by atoms with E-state index < -0.39 is 0 Å². The highest BCUT2D eigenvalue weighted by Crippen LogP contribution is 2.21. The van der Waals surface area contributed by atoms with Gasteiger partial charge in [0, 0.05) is 38.4 Å². The Hall–Kier alpha value is -1.75. The molecule has 0 atom stereocenters. The van der Waals surface area contributed by atoms with Gasteiger partial charge in [0.15, 0.2) is 0 Å². The first-order valence-corrected chi connectivity index (χ1v) is 7.90. The zero-order valence-corrected chi connectivity index (χ0v) is 14.1. The van der Waals surface area contributed by atoms with E-state index in [1.165, 1.54) is 11.1 Å². The summed E-state index contributed by atoms with van der Waals surface area (Å²) >= 11 is 0. The number of carbonyl (C=O) groups excluding carboxylic acids is 1. The van der Waals surface area contributed by atoms with E-state index in [4.69, 9.17) is 10.5 Å². The minimum absolute atomic E-state index is 0.0663. The summed E-state index contributed by atoms with van der Waals surface area (Å²) in [5.74, 6) is 0. The van der Waals surface area contributed by atoms with Gasteiger partial charge in [0.1, 0.15) is 0 Å². The molecule has 0 unspecified atom stereocenters. The van der Waals surface area contributed by atoms with Crippen LogP contribution in [-0.4, -0.2) is 48.2 Å². The van der Waals surface area contributed by atoms with Gasteiger partial charge in [0.25, 0.3) is 0 Å². The molecule has 1 aliphatic rings. The zero-order valence-electron chi connectivity index (χ0n) is 14.1. The fourth-order valence-corrected chi connectivity index (χ4v) is 2.73. The van der Waals surface area contributed by atoms with Gasteiger partial charge in [-0.3, -0.25) is 4.90 Å². The molecule has 0 bridgehead atoms. The number of nitrogens with zero attached hydrogens (tertiary/aromatic N) is 2. The molecule has 1 aromatic carbocycles. The van der Waals surface area contributed by atoms with E-state index in [0.717, 1.165) is 30.9 Å². The molecule has 0 aromatic heterocycles. The van der Waals surface area contributed by atoms with Gasteiger partial charge in [-0.05, 0) is 50.5 Å². The van der Waals surface area contributed by atoms with Crippen LogP contribution in [0.15, 0.2) is 12.1 Å². The molecular formula is C17H27N3O2. The average Bonchev–Trinajstić information content (AvgIpc) is 2.44. The number of hydrogen-bond donors (Lipinski definition) is 1. The van der Waals surface area contributed by atoms with Crippen molar-refractivity contribution in [2.45, 2.75) is 40.3 Å². The first-order chi connectivity index (χ1) is 10.4. The lowest BCUT2D eigenvalue weighted by atomic mass is 10.0. The molecule has 1 fully saturated rings. The van der Waals surface area contributed by atoms with Gasteiger partial charge in [-0.2, -0.15) is 0 Å². The number of carbonyl (C=O) groups is 1. The van der Waals surface area contributed by atoms with Crippen LogP contribution in [0.25, 0.3) is 0 Å². The van der Waals surface area contributed by atoms with Crippen molar-refractivity contribution < 1.29 is 9.53 Å². The summed E-state index contributed by atoms with van der Waals surface area (Å²) in [6.07, 6.45) is -0.269. The Labute approximate surface area is 133 Å². The molecule has 1 aliphatic heterocycles. The van der Waals surface area contributed by atoms with E-state index in [0.29, 0.717) is 13.1 Å². The fourth-order valence-electron chi connectivity index (χ4n) is 2.73. The van der Waals surface area contributed by atoms with Crippen LogP contribution < -0.4 is 5.73 Å². The van der Waals surface area contributed by atoms with E-state index >= 15 is 0 Å². The first-order valence-electron chi connectivity index (χ1n) is 7.90. The molecule has 5 heteroatoms. The smallest absolute Gasteiger partial charge is 0.410 e. The maximum atomic E-state index is 11.9. The summed E-state index contributed by atoms with van der Waals surface area (Å²) < 4.78 is 5.25. The summed E-state index contributed by atoms with van der Waals surface area (Å²) in [6, 6.07) is 4.21. The largest absolute Gasteiger partial charge is 0.447 e. The number of piperazine rings is 1. The minimum Gasteiger partial charge on any atom is -0.447 e. The molecular weight excluding hydrogens is 278 g/mol. The molecule has 1 amide bonds. The normalized spacial score (nSPS) is 16.1. The van der Waals surface area contributed by atoms with Crippen molar-refractivity contribution in [2.75, 3.05) is 31.9 Å². The van der Waals surface area contributed by atoms with E-state index in [1.54, 1.807) is 4.90 Å². The lowest BCUT2D eigenvalue weighted by Gasteiger charge is -2.34. The van der Waals surface area contributed by atoms with Crippen LogP contribution in [0.5, 0.6) is 0 Å². The Morgan fingerprint density at radius 2 is 1.86 bits per heavy atom. The predicted octanol–water partition coefficient (Wildman–Crippen LogP) is 2.55. The second-order valence-electron chi connectivity index (χ2n) is 6.33. The van der Waals surface area contributed by atoms with Crippen molar-refractivity contribution in [3.63, 3.8) is 0 Å². The molecule has 5 nitrogen and oxygen atoms in total. The van der Waals surface area contributed by atoms with Crippen LogP contribution in [-0.2, 0) is 11.3 Å². The van der Waals surface area contributed by atoms with Gasteiger partial charge in [-0.15, -0.1) is 0 Å². The van der Waals surface area contributed by atoms with Crippen LogP contribution in [0.2, 0.25) is 0 Å². The molecule has 0 saturated carbocycles. The molecule has 22 heavy (non-hydrogen) atoms. The number of amides is 1. The Balaban J connectivity index is 1.92. The number of aryl methyl sites for hydroxylation is 1. The molecule has 1 saturated heterocycles. The first kappa shape index (κ1) is 16.6. The Kier molecular flexibility index (Phi) is 5.29. The third kappa shape index (κ3) is 4.13. The maximum absolute atomic E-state index is 11.9. The number of ether oxygens (including phenoxy) is 1. The highest BCUT2D eigenvalue weighted by Gasteiger charge is 2.23. The standard InChI is InChI=1S/C17H27N3O2/c1-12(2)22-17(21)20-7-5-19(6-8-20)11-15-9-13(3)10-16(18)14(15)4/h9-10,12H,5-8,11,18H2,1-4H3.